The molecule has 2 heteroatoms. The van der Waals surface area contributed by atoms with E-state index in [1.54, 1.807) is 5.56 Å². The first-order valence-electron chi connectivity index (χ1n) is 7.30. The van der Waals surface area contributed by atoms with Gasteiger partial charge < -0.3 is 5.73 Å². The zero-order valence-electron chi connectivity index (χ0n) is 11.0. The molecule has 98 valence electrons. The lowest BCUT2D eigenvalue weighted by molar-refractivity contribution is 0.221. The van der Waals surface area contributed by atoms with E-state index in [4.69, 9.17) is 5.73 Å². The van der Waals surface area contributed by atoms with Gasteiger partial charge in [0.25, 0.3) is 0 Å². The fraction of sp³-hybridized carbons (Fsp3) is 0.625. The molecule has 1 aromatic carbocycles. The summed E-state index contributed by atoms with van der Waals surface area (Å²) in [5, 5.41) is 0. The van der Waals surface area contributed by atoms with Gasteiger partial charge >= 0.3 is 0 Å². The van der Waals surface area contributed by atoms with E-state index >= 15 is 0 Å². The summed E-state index contributed by atoms with van der Waals surface area (Å²) in [5.41, 5.74) is 7.56. The predicted molar refractivity (Wildman–Crippen MR) is 79.0 cm³/mol. The van der Waals surface area contributed by atoms with Crippen LogP contribution in [0, 0.1) is 11.8 Å². The number of nitrogens with two attached hydrogens (primary N) is 1. The van der Waals surface area contributed by atoms with Crippen LogP contribution in [0.5, 0.6) is 0 Å². The zero-order chi connectivity index (χ0) is 12.4. The molecule has 1 aliphatic heterocycles. The number of hydrogen-bond donors (Lipinski definition) is 1. The number of benzene rings is 1. The first-order chi connectivity index (χ1) is 8.88. The van der Waals surface area contributed by atoms with Gasteiger partial charge in [-0.05, 0) is 48.8 Å². The molecule has 3 unspecified atom stereocenters. The number of hydrogen-bond acceptors (Lipinski definition) is 2. The average Bonchev–Trinajstić information content (AvgIpc) is 2.83. The molecule has 1 heterocycles. The summed E-state index contributed by atoms with van der Waals surface area (Å²) in [6.45, 7) is 0.895. The van der Waals surface area contributed by atoms with Crippen molar-refractivity contribution in [2.24, 2.45) is 17.6 Å². The van der Waals surface area contributed by atoms with Crippen molar-refractivity contribution in [3.63, 3.8) is 0 Å². The third kappa shape index (κ3) is 2.46. The lowest BCUT2D eigenvalue weighted by atomic mass is 9.74. The van der Waals surface area contributed by atoms with Crippen LogP contribution in [0.4, 0.5) is 0 Å². The zero-order valence-corrected chi connectivity index (χ0v) is 11.8. The van der Waals surface area contributed by atoms with Crippen LogP contribution in [0.15, 0.2) is 29.2 Å². The van der Waals surface area contributed by atoms with Crippen LogP contribution in [-0.4, -0.2) is 12.3 Å². The van der Waals surface area contributed by atoms with Gasteiger partial charge in [0.15, 0.2) is 0 Å². The summed E-state index contributed by atoms with van der Waals surface area (Å²) in [6, 6.07) is 8.97. The van der Waals surface area contributed by atoms with Crippen LogP contribution in [0.3, 0.4) is 0 Å². The highest BCUT2D eigenvalue weighted by Crippen LogP contribution is 2.45. The standard InChI is InChI=1S/C16H23NS/c17-10-13-6-2-1-5-12(13)9-14-11-18-16-8-4-3-7-15(14)16/h3-4,7-8,12-14H,1-2,5-6,9-11,17H2. The van der Waals surface area contributed by atoms with Crippen molar-refractivity contribution in [3.8, 4) is 0 Å². The van der Waals surface area contributed by atoms with Crippen molar-refractivity contribution in [2.45, 2.75) is 42.9 Å². The highest BCUT2D eigenvalue weighted by atomic mass is 32.2. The van der Waals surface area contributed by atoms with E-state index < -0.39 is 0 Å². The van der Waals surface area contributed by atoms with Crippen LogP contribution in [0.2, 0.25) is 0 Å². The second-order valence-corrected chi connectivity index (χ2v) is 6.88. The Labute approximate surface area is 115 Å². The van der Waals surface area contributed by atoms with Crippen molar-refractivity contribution in [3.05, 3.63) is 29.8 Å². The van der Waals surface area contributed by atoms with Crippen LogP contribution < -0.4 is 5.73 Å². The lowest BCUT2D eigenvalue weighted by Crippen LogP contribution is -2.28. The Morgan fingerprint density at radius 3 is 2.72 bits per heavy atom. The van der Waals surface area contributed by atoms with E-state index in [0.29, 0.717) is 0 Å². The van der Waals surface area contributed by atoms with Crippen LogP contribution >= 0.6 is 11.8 Å². The van der Waals surface area contributed by atoms with Gasteiger partial charge in [0, 0.05) is 10.6 Å². The molecule has 0 radical (unpaired) electrons. The molecule has 1 aliphatic carbocycles. The van der Waals surface area contributed by atoms with Gasteiger partial charge in [0.05, 0.1) is 0 Å². The average molecular weight is 261 g/mol. The van der Waals surface area contributed by atoms with Crippen molar-refractivity contribution >= 4 is 11.8 Å². The molecule has 0 spiro atoms. The summed E-state index contributed by atoms with van der Waals surface area (Å²) < 4.78 is 0. The Kier molecular flexibility index (Phi) is 3.95. The molecule has 18 heavy (non-hydrogen) atoms. The summed E-state index contributed by atoms with van der Waals surface area (Å²) in [6.07, 6.45) is 6.96. The number of rotatable bonds is 3. The van der Waals surface area contributed by atoms with Crippen LogP contribution in [0.25, 0.3) is 0 Å². The van der Waals surface area contributed by atoms with E-state index in [0.717, 1.165) is 24.3 Å². The Morgan fingerprint density at radius 2 is 1.89 bits per heavy atom. The van der Waals surface area contributed by atoms with Gasteiger partial charge in [-0.25, -0.2) is 0 Å². The maximum Gasteiger partial charge on any atom is 0.0107 e. The maximum absolute atomic E-state index is 5.96. The molecule has 3 atom stereocenters. The topological polar surface area (TPSA) is 26.0 Å². The summed E-state index contributed by atoms with van der Waals surface area (Å²) in [7, 11) is 0. The minimum absolute atomic E-state index is 0.781. The molecule has 1 aromatic rings. The largest absolute Gasteiger partial charge is 0.330 e. The van der Waals surface area contributed by atoms with Crippen LogP contribution in [-0.2, 0) is 0 Å². The molecule has 2 N–H and O–H groups in total. The second kappa shape index (κ2) is 5.66. The van der Waals surface area contributed by atoms with E-state index in [-0.39, 0.29) is 0 Å². The smallest absolute Gasteiger partial charge is 0.0107 e. The molecule has 0 aromatic heterocycles. The molecule has 1 fully saturated rings. The summed E-state index contributed by atoms with van der Waals surface area (Å²) in [5.74, 6) is 3.73. The molecule has 0 bridgehead atoms. The van der Waals surface area contributed by atoms with Crippen molar-refractivity contribution in [1.82, 2.24) is 0 Å². The minimum atomic E-state index is 0.781. The van der Waals surface area contributed by atoms with E-state index in [2.05, 4.69) is 24.3 Å². The van der Waals surface area contributed by atoms with Gasteiger partial charge in [0.2, 0.25) is 0 Å². The number of thioether (sulfide) groups is 1. The molecule has 3 rings (SSSR count). The third-order valence-corrected chi connectivity index (χ3v) is 6.01. The SMILES string of the molecule is NCC1CCCCC1CC1CSc2ccccc21. The quantitative estimate of drug-likeness (QED) is 0.889. The maximum atomic E-state index is 5.96. The summed E-state index contributed by atoms with van der Waals surface area (Å²) in [4.78, 5) is 1.52. The Morgan fingerprint density at radius 1 is 1.11 bits per heavy atom. The molecular weight excluding hydrogens is 238 g/mol. The van der Waals surface area contributed by atoms with E-state index in [1.807, 2.05) is 11.8 Å². The monoisotopic (exact) mass is 261 g/mol. The van der Waals surface area contributed by atoms with Gasteiger partial charge in [0.1, 0.15) is 0 Å². The fourth-order valence-electron chi connectivity index (χ4n) is 3.69. The molecule has 1 saturated carbocycles. The van der Waals surface area contributed by atoms with E-state index in [1.165, 1.54) is 42.8 Å². The minimum Gasteiger partial charge on any atom is -0.330 e. The van der Waals surface area contributed by atoms with Crippen LogP contribution in [0.1, 0.15) is 43.6 Å². The van der Waals surface area contributed by atoms with Crippen molar-refractivity contribution in [2.75, 3.05) is 12.3 Å². The first-order valence-corrected chi connectivity index (χ1v) is 8.29. The predicted octanol–water partition coefficient (Wildman–Crippen LogP) is 4.03. The summed E-state index contributed by atoms with van der Waals surface area (Å²) >= 11 is 2.04. The van der Waals surface area contributed by atoms with Crippen molar-refractivity contribution < 1.29 is 0 Å². The molecule has 0 amide bonds. The Hall–Kier alpha value is -0.470. The first kappa shape index (κ1) is 12.6. The lowest BCUT2D eigenvalue weighted by Gasteiger charge is -2.32. The molecule has 1 nitrogen and oxygen atoms in total. The Balaban J connectivity index is 1.70. The third-order valence-electron chi connectivity index (χ3n) is 4.76. The highest BCUT2D eigenvalue weighted by Gasteiger charge is 2.30. The van der Waals surface area contributed by atoms with Crippen molar-refractivity contribution in [1.29, 1.82) is 0 Å². The molecular formula is C16H23NS. The van der Waals surface area contributed by atoms with Gasteiger partial charge in [-0.2, -0.15) is 0 Å². The molecule has 2 aliphatic rings. The number of fused-ring (bicyclic) bond motifs is 1. The normalized spacial score (nSPS) is 31.3. The second-order valence-electron chi connectivity index (χ2n) is 5.82. The van der Waals surface area contributed by atoms with Gasteiger partial charge in [-0.15, -0.1) is 11.8 Å². The molecule has 0 saturated heterocycles. The van der Waals surface area contributed by atoms with Gasteiger partial charge in [-0.1, -0.05) is 37.5 Å². The van der Waals surface area contributed by atoms with E-state index in [9.17, 15) is 0 Å². The Bertz CT molecular complexity index is 404. The fourth-order valence-corrected chi connectivity index (χ4v) is 4.97. The van der Waals surface area contributed by atoms with Gasteiger partial charge in [-0.3, -0.25) is 0 Å². The highest BCUT2D eigenvalue weighted by molar-refractivity contribution is 7.99.